The number of aromatic nitrogens is 4. The van der Waals surface area contributed by atoms with Crippen LogP contribution in [0.5, 0.6) is 0 Å². The number of hydrogen-bond donors (Lipinski definition) is 3. The molecular formula is C35H44N8O2. The predicted octanol–water partition coefficient (Wildman–Crippen LogP) is 6.49. The molecule has 4 heterocycles. The van der Waals surface area contributed by atoms with E-state index in [-0.39, 0.29) is 17.6 Å². The van der Waals surface area contributed by atoms with Crippen molar-refractivity contribution in [2.45, 2.75) is 71.9 Å². The summed E-state index contributed by atoms with van der Waals surface area (Å²) >= 11 is 0. The highest BCUT2D eigenvalue weighted by Crippen LogP contribution is 2.38. The lowest BCUT2D eigenvalue weighted by molar-refractivity contribution is 0.0795. The fraction of sp³-hybridized carbons (Fsp3) is 0.429. The fourth-order valence-electron chi connectivity index (χ4n) is 6.21. The molecule has 4 aromatic rings. The molecule has 2 amide bonds. The molecule has 10 nitrogen and oxygen atoms in total. The summed E-state index contributed by atoms with van der Waals surface area (Å²) in [6.07, 6.45) is 5.64. The van der Waals surface area contributed by atoms with Crippen LogP contribution in [0.15, 0.2) is 66.7 Å². The number of nitrogen functional groups attached to an aromatic ring is 1. The van der Waals surface area contributed by atoms with E-state index in [9.17, 15) is 4.79 Å². The van der Waals surface area contributed by atoms with Crippen LogP contribution in [0.2, 0.25) is 0 Å². The molecule has 236 valence electrons. The van der Waals surface area contributed by atoms with Gasteiger partial charge in [0.2, 0.25) is 0 Å². The zero-order chi connectivity index (χ0) is 31.9. The van der Waals surface area contributed by atoms with Crippen molar-refractivity contribution >= 4 is 28.6 Å². The molecule has 0 saturated carbocycles. The van der Waals surface area contributed by atoms with E-state index >= 15 is 0 Å². The lowest BCUT2D eigenvalue weighted by Crippen LogP contribution is -2.51. The first-order chi connectivity index (χ1) is 21.4. The van der Waals surface area contributed by atoms with Crippen LogP contribution >= 0.6 is 0 Å². The quantitative estimate of drug-likeness (QED) is 0.229. The van der Waals surface area contributed by atoms with Crippen molar-refractivity contribution in [2.75, 3.05) is 30.7 Å². The van der Waals surface area contributed by atoms with Gasteiger partial charge in [0, 0.05) is 16.7 Å². The summed E-state index contributed by atoms with van der Waals surface area (Å²) in [5, 5.41) is 11.7. The Labute approximate surface area is 265 Å². The molecule has 4 N–H and O–H groups in total. The highest BCUT2D eigenvalue weighted by molar-refractivity contribution is 5.99. The number of fused-ring (bicyclic) bond motifs is 1. The molecule has 2 aromatic carbocycles. The molecule has 2 unspecified atom stereocenters. The van der Waals surface area contributed by atoms with Crippen molar-refractivity contribution in [2.24, 2.45) is 5.41 Å². The number of nitrogens with two attached hydrogens (primary N) is 1. The summed E-state index contributed by atoms with van der Waals surface area (Å²) in [6, 6.07) is 15.9. The summed E-state index contributed by atoms with van der Waals surface area (Å²) in [4.78, 5) is 24.3. The van der Waals surface area contributed by atoms with Crippen molar-refractivity contribution < 1.29 is 9.53 Å². The maximum atomic E-state index is 13.0. The molecule has 10 heteroatoms. The number of amides is 2. The third-order valence-corrected chi connectivity index (χ3v) is 9.26. The van der Waals surface area contributed by atoms with Gasteiger partial charge in [-0.25, -0.2) is 19.4 Å². The number of nitrogens with zero attached hydrogens (tertiary/aromatic N) is 5. The molecule has 2 aromatic heterocycles. The second-order valence-electron chi connectivity index (χ2n) is 13.5. The molecule has 0 aliphatic carbocycles. The van der Waals surface area contributed by atoms with Gasteiger partial charge < -0.3 is 26.0 Å². The summed E-state index contributed by atoms with van der Waals surface area (Å²) in [7, 11) is 0. The highest BCUT2D eigenvalue weighted by atomic mass is 16.5. The Kier molecular flexibility index (Phi) is 8.03. The number of benzene rings is 2. The summed E-state index contributed by atoms with van der Waals surface area (Å²) < 4.78 is 7.84. The lowest BCUT2D eigenvalue weighted by atomic mass is 9.89. The second-order valence-corrected chi connectivity index (χ2v) is 13.5. The maximum Gasteiger partial charge on any atom is 0.320 e. The predicted molar refractivity (Wildman–Crippen MR) is 179 cm³/mol. The van der Waals surface area contributed by atoms with Crippen molar-refractivity contribution in [3.63, 3.8) is 0 Å². The van der Waals surface area contributed by atoms with Crippen molar-refractivity contribution in [3.8, 4) is 16.9 Å². The summed E-state index contributed by atoms with van der Waals surface area (Å²) in [6.45, 7) is 15.9. The molecule has 0 spiro atoms. The lowest BCUT2D eigenvalue weighted by Gasteiger charge is -2.31. The SMILES string of the molecule is CCN1CCC(c2ccc(-c3nn(-c4ccc(NC(=O)NC5(C)C=C(C(C)(C)C)OC5C)cc4)c4ncnc(N)c34)cc2)CC1. The van der Waals surface area contributed by atoms with E-state index in [4.69, 9.17) is 15.6 Å². The third kappa shape index (κ3) is 6.11. The monoisotopic (exact) mass is 608 g/mol. The first-order valence-electron chi connectivity index (χ1n) is 15.9. The van der Waals surface area contributed by atoms with E-state index in [0.717, 1.165) is 42.3 Å². The number of allylic oxidation sites excluding steroid dienone is 1. The highest BCUT2D eigenvalue weighted by Gasteiger charge is 2.41. The van der Waals surface area contributed by atoms with Crippen molar-refractivity contribution in [1.29, 1.82) is 0 Å². The molecule has 0 bridgehead atoms. The summed E-state index contributed by atoms with van der Waals surface area (Å²) in [5.74, 6) is 1.84. The van der Waals surface area contributed by atoms with Crippen LogP contribution in [0.1, 0.15) is 65.9 Å². The molecule has 2 aliphatic heterocycles. The molecule has 6 rings (SSSR count). The van der Waals surface area contributed by atoms with Gasteiger partial charge in [0.25, 0.3) is 0 Å². The van der Waals surface area contributed by atoms with Crippen LogP contribution in [-0.4, -0.2) is 62.0 Å². The van der Waals surface area contributed by atoms with Crippen LogP contribution in [0.4, 0.5) is 16.3 Å². The molecule has 2 atom stereocenters. The minimum absolute atomic E-state index is 0.137. The van der Waals surface area contributed by atoms with Gasteiger partial charge in [-0.15, -0.1) is 0 Å². The molecule has 2 aliphatic rings. The van der Waals surface area contributed by atoms with Gasteiger partial charge in [-0.2, -0.15) is 5.10 Å². The average molecular weight is 609 g/mol. The van der Waals surface area contributed by atoms with Gasteiger partial charge in [-0.05, 0) is 88.1 Å². The Morgan fingerprint density at radius 1 is 1.07 bits per heavy atom. The van der Waals surface area contributed by atoms with Crippen molar-refractivity contribution in [1.82, 2.24) is 30.0 Å². The van der Waals surface area contributed by atoms with E-state index in [2.05, 4.69) is 77.5 Å². The third-order valence-electron chi connectivity index (χ3n) is 9.26. The van der Waals surface area contributed by atoms with Crippen LogP contribution < -0.4 is 16.4 Å². The van der Waals surface area contributed by atoms with E-state index < -0.39 is 5.54 Å². The number of nitrogens with one attached hydrogen (secondary N) is 2. The Bertz CT molecular complexity index is 1710. The molecule has 1 saturated heterocycles. The minimum Gasteiger partial charge on any atom is -0.492 e. The van der Waals surface area contributed by atoms with Crippen LogP contribution in [0.3, 0.4) is 0 Å². The largest absolute Gasteiger partial charge is 0.492 e. The van der Waals surface area contributed by atoms with Crippen LogP contribution in [0.25, 0.3) is 28.0 Å². The molecular weight excluding hydrogens is 564 g/mol. The van der Waals surface area contributed by atoms with E-state index in [1.165, 1.54) is 24.7 Å². The second kappa shape index (κ2) is 11.8. The Morgan fingerprint density at radius 3 is 2.38 bits per heavy atom. The van der Waals surface area contributed by atoms with Gasteiger partial charge in [-0.3, -0.25) is 0 Å². The number of urea groups is 1. The topological polar surface area (TPSA) is 123 Å². The normalized spacial score (nSPS) is 21.0. The number of ether oxygens (including phenoxy) is 1. The number of piperidine rings is 1. The number of anilines is 2. The van der Waals surface area contributed by atoms with Gasteiger partial charge in [-0.1, -0.05) is 52.0 Å². The van der Waals surface area contributed by atoms with Gasteiger partial charge >= 0.3 is 6.03 Å². The Balaban J connectivity index is 1.21. The van der Waals surface area contributed by atoms with Gasteiger partial charge in [0.15, 0.2) is 5.65 Å². The van der Waals surface area contributed by atoms with Crippen LogP contribution in [0, 0.1) is 5.41 Å². The smallest absolute Gasteiger partial charge is 0.320 e. The molecule has 45 heavy (non-hydrogen) atoms. The van der Waals surface area contributed by atoms with Gasteiger partial charge in [0.05, 0.1) is 16.6 Å². The zero-order valence-corrected chi connectivity index (χ0v) is 27.1. The Morgan fingerprint density at radius 2 is 1.76 bits per heavy atom. The van der Waals surface area contributed by atoms with Crippen molar-refractivity contribution in [3.05, 3.63) is 72.3 Å². The summed E-state index contributed by atoms with van der Waals surface area (Å²) in [5.41, 5.74) is 10.7. The number of rotatable bonds is 6. The number of carbonyl (C=O) groups is 1. The van der Waals surface area contributed by atoms with E-state index in [1.54, 1.807) is 4.68 Å². The number of carbonyl (C=O) groups excluding carboxylic acids is 1. The van der Waals surface area contributed by atoms with Crippen LogP contribution in [-0.2, 0) is 4.74 Å². The number of likely N-dealkylation sites (tertiary alicyclic amines) is 1. The van der Waals surface area contributed by atoms with E-state index in [1.807, 2.05) is 44.2 Å². The first-order valence-corrected chi connectivity index (χ1v) is 15.9. The number of hydrogen-bond acceptors (Lipinski definition) is 7. The first kappa shape index (κ1) is 30.6. The molecule has 1 fully saturated rings. The molecule has 0 radical (unpaired) electrons. The Hall–Kier alpha value is -4.44. The fourth-order valence-corrected chi connectivity index (χ4v) is 6.21. The standard InChI is InChI=1S/C35H44N8O2/c1-7-42-18-16-24(17-19-42)23-8-10-25(11-9-23)30-29-31(36)37-21-38-32(29)43(41-30)27-14-12-26(13-15-27)39-33(44)40-35(6)20-28(34(3,4)5)45-22(35)2/h8-15,20-22,24H,7,16-19H2,1-6H3,(H2,36,37,38)(H2,39,40,44). The maximum absolute atomic E-state index is 13.0. The van der Waals surface area contributed by atoms with Gasteiger partial charge in [0.1, 0.15) is 29.7 Å². The van der Waals surface area contributed by atoms with E-state index in [0.29, 0.717) is 28.5 Å². The zero-order valence-electron chi connectivity index (χ0n) is 27.1. The average Bonchev–Trinajstić information content (AvgIpc) is 3.56. The minimum atomic E-state index is -0.623.